The van der Waals surface area contributed by atoms with E-state index in [1.807, 2.05) is 26.0 Å². The topological polar surface area (TPSA) is 35.5 Å². The van der Waals surface area contributed by atoms with Gasteiger partial charge in [0.05, 0.1) is 0 Å². The molecule has 0 unspecified atom stereocenters. The Morgan fingerprint density at radius 2 is 1.17 bits per heavy atom. The van der Waals surface area contributed by atoms with Crippen molar-refractivity contribution in [3.05, 3.63) is 53.3 Å². The Balaban J connectivity index is 2.32. The Kier molecular flexibility index (Phi) is 6.71. The molecule has 9 heteroatoms. The second kappa shape index (κ2) is 7.79. The van der Waals surface area contributed by atoms with E-state index in [9.17, 15) is 4.57 Å². The average molecular weight is 612 g/mol. The van der Waals surface area contributed by atoms with Crippen molar-refractivity contribution in [1.82, 2.24) is 0 Å². The van der Waals surface area contributed by atoms with Crippen molar-refractivity contribution in [2.24, 2.45) is 0 Å². The van der Waals surface area contributed by atoms with Crippen molar-refractivity contribution in [2.75, 3.05) is 0 Å². The predicted molar refractivity (Wildman–Crippen MR) is 108 cm³/mol. The van der Waals surface area contributed by atoms with Crippen LogP contribution in [-0.2, 0) is 4.57 Å². The van der Waals surface area contributed by atoms with Crippen LogP contribution in [-0.4, -0.2) is 0 Å². The van der Waals surface area contributed by atoms with E-state index in [1.54, 1.807) is 12.1 Å². The van der Waals surface area contributed by atoms with E-state index in [0.717, 1.165) is 29.0 Å². The van der Waals surface area contributed by atoms with Gasteiger partial charge in [-0.25, -0.2) is 4.57 Å². The quantitative estimate of drug-likeness (QED) is 0.327. The van der Waals surface area contributed by atoms with E-state index < -0.39 is 6.95 Å². The fourth-order valence-electron chi connectivity index (χ4n) is 1.69. The number of hydrogen-bond donors (Lipinski definition) is 0. The van der Waals surface area contributed by atoms with Crippen LogP contribution in [0.25, 0.3) is 0 Å². The number of halogens is 5. The lowest BCUT2D eigenvalue weighted by molar-refractivity contribution is 0.403. The molecule has 0 radical (unpaired) electrons. The fraction of sp³-hybridized carbons (Fsp3) is 0.143. The number of benzene rings is 2. The molecule has 2 aromatic carbocycles. The molecule has 3 nitrogen and oxygen atoms in total. The molecule has 0 aliphatic heterocycles. The van der Waals surface area contributed by atoms with Crippen LogP contribution in [0.2, 0.25) is 0 Å². The van der Waals surface area contributed by atoms with Gasteiger partial charge in [-0.15, -0.1) is 0 Å². The second-order valence-electron chi connectivity index (χ2n) is 4.63. The summed E-state index contributed by atoms with van der Waals surface area (Å²) in [5.41, 5.74) is 1.54. The van der Waals surface area contributed by atoms with Gasteiger partial charge in [0.2, 0.25) is 0 Å². The van der Waals surface area contributed by atoms with Crippen LogP contribution >= 0.6 is 81.9 Å². The summed E-state index contributed by atoms with van der Waals surface area (Å²) in [6.45, 7) is -0.235. The Morgan fingerprint density at radius 1 is 0.826 bits per heavy atom. The van der Waals surface area contributed by atoms with E-state index >= 15 is 0 Å². The summed E-state index contributed by atoms with van der Waals surface area (Å²) in [5, 5.41) is 0. The molecule has 0 N–H and O–H groups in total. The Morgan fingerprint density at radius 3 is 1.52 bits per heavy atom. The van der Waals surface area contributed by atoms with Crippen LogP contribution < -0.4 is 9.05 Å². The van der Waals surface area contributed by atoms with Gasteiger partial charge in [0.25, 0.3) is 0 Å². The predicted octanol–water partition coefficient (Wildman–Crippen LogP) is 8.16. The van der Waals surface area contributed by atoms with E-state index in [4.69, 9.17) is 20.3 Å². The summed E-state index contributed by atoms with van der Waals surface area (Å²) in [5.74, 6) is 0.743. The zero-order valence-electron chi connectivity index (χ0n) is 11.9. The maximum atomic E-state index is 12.6. The Hall–Kier alpha value is 0.480. The maximum Gasteiger partial charge on any atom is 0.530 e. The third kappa shape index (κ3) is 5.23. The first-order valence-corrected chi connectivity index (χ1v) is 11.8. The van der Waals surface area contributed by atoms with E-state index in [1.165, 1.54) is 0 Å². The molecule has 0 saturated carbocycles. The zero-order valence-corrected chi connectivity index (χ0v) is 19.9. The molecule has 0 fully saturated rings. The smallest absolute Gasteiger partial charge is 0.404 e. The molecule has 0 bridgehead atoms. The van der Waals surface area contributed by atoms with Crippen LogP contribution in [0.5, 0.6) is 11.5 Å². The Labute approximate surface area is 172 Å². The monoisotopic (exact) mass is 608 g/mol. The highest BCUT2D eigenvalue weighted by molar-refractivity contribution is 9.11. The van der Waals surface area contributed by atoms with Crippen molar-refractivity contribution in [3.8, 4) is 11.5 Å². The molecule has 23 heavy (non-hydrogen) atoms. The van der Waals surface area contributed by atoms with Gasteiger partial charge < -0.3 is 9.05 Å². The van der Waals surface area contributed by atoms with Gasteiger partial charge in [0.1, 0.15) is 11.5 Å². The average Bonchev–Trinajstić information content (AvgIpc) is 2.40. The molecule has 0 aliphatic carbocycles. The molecule has 2 aromatic rings. The van der Waals surface area contributed by atoms with Gasteiger partial charge in [-0.3, -0.25) is 0 Å². The summed E-state index contributed by atoms with van der Waals surface area (Å²) in [6, 6.07) is 7.08. The lowest BCUT2D eigenvalue weighted by Gasteiger charge is -2.18. The van der Waals surface area contributed by atoms with Gasteiger partial charge in [-0.2, -0.15) is 0 Å². The van der Waals surface area contributed by atoms with Crippen LogP contribution in [0.3, 0.4) is 0 Å². The van der Waals surface area contributed by atoms with Crippen molar-refractivity contribution >= 4 is 81.9 Å². The third-order valence-electron chi connectivity index (χ3n) is 2.94. The fourth-order valence-corrected chi connectivity index (χ4v) is 5.39. The molecule has 0 spiro atoms. The van der Waals surface area contributed by atoms with Crippen molar-refractivity contribution < 1.29 is 13.6 Å². The van der Waals surface area contributed by atoms with Crippen LogP contribution in [0.4, 0.5) is 0 Å². The van der Waals surface area contributed by atoms with Crippen LogP contribution in [0.15, 0.2) is 42.2 Å². The molecule has 0 atom stereocenters. The normalized spacial score (nSPS) is 11.4. The van der Waals surface area contributed by atoms with E-state index in [2.05, 4.69) is 63.7 Å². The number of hydrogen-bond acceptors (Lipinski definition) is 3. The van der Waals surface area contributed by atoms with E-state index in [-0.39, 0.29) is 0 Å². The lowest BCUT2D eigenvalue weighted by Crippen LogP contribution is -1.99. The molecule has 0 saturated heterocycles. The SMILES string of the molecule is Cc1c(Br)cc(Br)cc1OP(=O)(Cl)Oc1cc(Br)cc(Br)c1C. The second-order valence-corrected chi connectivity index (χ2v) is 10.6. The van der Waals surface area contributed by atoms with E-state index in [0.29, 0.717) is 11.5 Å². The number of rotatable bonds is 4. The molecule has 124 valence electrons. The lowest BCUT2D eigenvalue weighted by atomic mass is 10.2. The van der Waals surface area contributed by atoms with Crippen molar-refractivity contribution in [3.63, 3.8) is 0 Å². The van der Waals surface area contributed by atoms with Crippen molar-refractivity contribution in [1.29, 1.82) is 0 Å². The van der Waals surface area contributed by atoms with Gasteiger partial charge in [0, 0.05) is 40.3 Å². The molecule has 0 heterocycles. The first-order chi connectivity index (χ1) is 10.6. The van der Waals surface area contributed by atoms with Gasteiger partial charge in [-0.1, -0.05) is 63.7 Å². The minimum atomic E-state index is -3.88. The first kappa shape index (κ1) is 19.8. The molecular weight excluding hydrogens is 602 g/mol. The van der Waals surface area contributed by atoms with Crippen LogP contribution in [0.1, 0.15) is 11.1 Å². The highest BCUT2D eigenvalue weighted by Gasteiger charge is 2.27. The standard InChI is InChI=1S/C14H10Br4ClO3P/c1-7-11(17)3-9(15)5-13(7)21-23(19,20)22-14-6-10(16)4-12(18)8(14)2/h3-6H,1-2H3. The highest BCUT2D eigenvalue weighted by atomic mass is 79.9. The first-order valence-electron chi connectivity index (χ1n) is 6.19. The summed E-state index contributed by atoms with van der Waals surface area (Å²) < 4.78 is 26.6. The Bertz CT molecular complexity index is 750. The summed E-state index contributed by atoms with van der Waals surface area (Å²) in [6.07, 6.45) is 0. The van der Waals surface area contributed by atoms with Gasteiger partial charge in [-0.05, 0) is 38.1 Å². The molecular formula is C14H10Br4ClO3P. The summed E-state index contributed by atoms with van der Waals surface area (Å²) >= 11 is 19.5. The largest absolute Gasteiger partial charge is 0.530 e. The van der Waals surface area contributed by atoms with Gasteiger partial charge in [0.15, 0.2) is 0 Å². The summed E-state index contributed by atoms with van der Waals surface area (Å²) in [7, 11) is 0. The van der Waals surface area contributed by atoms with Crippen molar-refractivity contribution in [2.45, 2.75) is 13.8 Å². The zero-order chi connectivity index (χ0) is 17.4. The summed E-state index contributed by atoms with van der Waals surface area (Å²) in [4.78, 5) is 0. The minimum Gasteiger partial charge on any atom is -0.404 e. The molecule has 0 aromatic heterocycles. The molecule has 2 rings (SSSR count). The van der Waals surface area contributed by atoms with Gasteiger partial charge >= 0.3 is 6.95 Å². The molecule has 0 aliphatic rings. The maximum absolute atomic E-state index is 12.6. The minimum absolute atomic E-state index is 0.372. The third-order valence-corrected chi connectivity index (χ3v) is 6.74. The molecule has 0 amide bonds. The highest BCUT2D eigenvalue weighted by Crippen LogP contribution is 2.55. The van der Waals surface area contributed by atoms with Crippen LogP contribution in [0, 0.1) is 13.8 Å².